The summed E-state index contributed by atoms with van der Waals surface area (Å²) in [5.41, 5.74) is 3.94. The standard InChI is InChI=1S/C32H33BrN4O2/c1-2-26(38)10-4-3-5-11-29(36-31(39)17-24-19-34-28-15-14-25(33)18-27(24)28)32-35-20-30(37-32)23-13-12-21-8-6-7-9-22(21)16-23/h6-9,12-16,18-20,29,34H,2-5,10-11,17H2,1H3,(H,35,37)(H,36,39)/t29-/m0/s1. The number of H-pyrrole nitrogens is 2. The number of hydrogen-bond acceptors (Lipinski definition) is 3. The summed E-state index contributed by atoms with van der Waals surface area (Å²) < 4.78 is 0.979. The van der Waals surface area contributed by atoms with E-state index in [9.17, 15) is 9.59 Å². The molecule has 0 bridgehead atoms. The minimum atomic E-state index is -0.245. The third-order valence-corrected chi connectivity index (χ3v) is 7.74. The molecule has 3 N–H and O–H groups in total. The molecule has 39 heavy (non-hydrogen) atoms. The van der Waals surface area contributed by atoms with Crippen molar-refractivity contribution in [2.24, 2.45) is 0 Å². The molecule has 3 aromatic carbocycles. The lowest BCUT2D eigenvalue weighted by Gasteiger charge is -2.17. The normalized spacial score (nSPS) is 12.2. The van der Waals surface area contributed by atoms with Gasteiger partial charge in [0.25, 0.3) is 0 Å². The van der Waals surface area contributed by atoms with E-state index >= 15 is 0 Å². The number of carbonyl (C=O) groups is 2. The van der Waals surface area contributed by atoms with Gasteiger partial charge >= 0.3 is 0 Å². The number of benzene rings is 3. The van der Waals surface area contributed by atoms with Crippen LogP contribution in [0.4, 0.5) is 0 Å². The quantitative estimate of drug-likeness (QED) is 0.131. The average Bonchev–Trinajstić information content (AvgIpc) is 3.59. The van der Waals surface area contributed by atoms with Gasteiger partial charge in [0, 0.05) is 40.0 Å². The minimum Gasteiger partial charge on any atom is -0.361 e. The van der Waals surface area contributed by atoms with Crippen molar-refractivity contribution in [3.8, 4) is 11.3 Å². The Morgan fingerprint density at radius 3 is 2.69 bits per heavy atom. The fourth-order valence-electron chi connectivity index (χ4n) is 5.03. The maximum absolute atomic E-state index is 13.2. The predicted octanol–water partition coefficient (Wildman–Crippen LogP) is 7.80. The molecule has 0 fully saturated rings. The van der Waals surface area contributed by atoms with Crippen LogP contribution in [0.5, 0.6) is 0 Å². The van der Waals surface area contributed by atoms with E-state index in [1.165, 1.54) is 10.8 Å². The van der Waals surface area contributed by atoms with Gasteiger partial charge in [-0.1, -0.05) is 72.1 Å². The van der Waals surface area contributed by atoms with Crippen molar-refractivity contribution in [1.29, 1.82) is 0 Å². The monoisotopic (exact) mass is 584 g/mol. The molecule has 2 aromatic heterocycles. The van der Waals surface area contributed by atoms with Crippen LogP contribution in [0, 0.1) is 0 Å². The van der Waals surface area contributed by atoms with Gasteiger partial charge in [0.15, 0.2) is 0 Å². The molecule has 0 aliphatic carbocycles. The van der Waals surface area contributed by atoms with Crippen molar-refractivity contribution < 1.29 is 9.59 Å². The molecule has 0 radical (unpaired) electrons. The highest BCUT2D eigenvalue weighted by Gasteiger charge is 2.19. The van der Waals surface area contributed by atoms with Crippen molar-refractivity contribution in [2.75, 3.05) is 0 Å². The Morgan fingerprint density at radius 1 is 1.00 bits per heavy atom. The van der Waals surface area contributed by atoms with Gasteiger partial charge in [-0.15, -0.1) is 0 Å². The zero-order valence-electron chi connectivity index (χ0n) is 22.1. The topological polar surface area (TPSA) is 90.6 Å². The van der Waals surface area contributed by atoms with Gasteiger partial charge in [-0.3, -0.25) is 9.59 Å². The fourth-order valence-corrected chi connectivity index (χ4v) is 5.40. The van der Waals surface area contributed by atoms with Crippen LogP contribution in [0.15, 0.2) is 77.5 Å². The predicted molar refractivity (Wildman–Crippen MR) is 160 cm³/mol. The van der Waals surface area contributed by atoms with E-state index in [1.54, 1.807) is 0 Å². The lowest BCUT2D eigenvalue weighted by Crippen LogP contribution is -2.30. The summed E-state index contributed by atoms with van der Waals surface area (Å²) in [5.74, 6) is 1.000. The zero-order chi connectivity index (χ0) is 27.2. The second-order valence-corrected chi connectivity index (χ2v) is 11.0. The van der Waals surface area contributed by atoms with E-state index in [0.29, 0.717) is 18.6 Å². The third kappa shape index (κ3) is 6.66. The number of nitrogens with one attached hydrogen (secondary N) is 3. The van der Waals surface area contributed by atoms with Crippen LogP contribution in [0.3, 0.4) is 0 Å². The maximum Gasteiger partial charge on any atom is 0.225 e. The van der Waals surface area contributed by atoms with Gasteiger partial charge in [-0.05, 0) is 53.4 Å². The number of fused-ring (bicyclic) bond motifs is 2. The Kier molecular flexibility index (Phi) is 8.57. The van der Waals surface area contributed by atoms with Gasteiger partial charge in [0.1, 0.15) is 11.6 Å². The van der Waals surface area contributed by atoms with Crippen LogP contribution < -0.4 is 5.32 Å². The van der Waals surface area contributed by atoms with E-state index < -0.39 is 0 Å². The molecule has 0 spiro atoms. The first-order valence-corrected chi connectivity index (χ1v) is 14.4. The molecule has 200 valence electrons. The van der Waals surface area contributed by atoms with Crippen molar-refractivity contribution in [1.82, 2.24) is 20.3 Å². The Balaban J connectivity index is 1.32. The van der Waals surface area contributed by atoms with Crippen molar-refractivity contribution in [3.05, 3.63) is 88.9 Å². The second-order valence-electron chi connectivity index (χ2n) is 10.0. The smallest absolute Gasteiger partial charge is 0.225 e. The highest BCUT2D eigenvalue weighted by molar-refractivity contribution is 9.10. The van der Waals surface area contributed by atoms with E-state index in [1.807, 2.05) is 49.6 Å². The fraction of sp³-hybridized carbons (Fsp3) is 0.281. The van der Waals surface area contributed by atoms with Crippen LogP contribution >= 0.6 is 15.9 Å². The number of carbonyl (C=O) groups excluding carboxylic acids is 2. The number of Topliss-reactive ketones (excluding diaryl/α,β-unsaturated/α-hetero) is 1. The highest BCUT2D eigenvalue weighted by atomic mass is 79.9. The van der Waals surface area contributed by atoms with Gasteiger partial charge in [-0.25, -0.2) is 4.98 Å². The van der Waals surface area contributed by atoms with E-state index in [0.717, 1.165) is 63.7 Å². The third-order valence-electron chi connectivity index (χ3n) is 7.24. The van der Waals surface area contributed by atoms with Gasteiger partial charge < -0.3 is 15.3 Å². The van der Waals surface area contributed by atoms with Crippen molar-refractivity contribution in [3.63, 3.8) is 0 Å². The lowest BCUT2D eigenvalue weighted by molar-refractivity contribution is -0.121. The van der Waals surface area contributed by atoms with E-state index in [4.69, 9.17) is 0 Å². The number of halogens is 1. The lowest BCUT2D eigenvalue weighted by atomic mass is 10.0. The molecule has 0 saturated carbocycles. The number of amides is 1. The Morgan fingerprint density at radius 2 is 1.85 bits per heavy atom. The Hall–Kier alpha value is -3.71. The zero-order valence-corrected chi connectivity index (χ0v) is 23.7. The first-order valence-electron chi connectivity index (χ1n) is 13.6. The first-order chi connectivity index (χ1) is 19.0. The summed E-state index contributed by atoms with van der Waals surface area (Å²) >= 11 is 3.53. The number of aromatic amines is 2. The molecule has 2 heterocycles. The summed E-state index contributed by atoms with van der Waals surface area (Å²) in [5, 5.41) is 6.63. The average molecular weight is 586 g/mol. The molecule has 0 aliphatic rings. The van der Waals surface area contributed by atoms with Crippen molar-refractivity contribution >= 4 is 49.3 Å². The number of ketones is 1. The molecule has 0 aliphatic heterocycles. The molecule has 0 saturated heterocycles. The van der Waals surface area contributed by atoms with Crippen LogP contribution in [-0.4, -0.2) is 26.6 Å². The molecule has 7 heteroatoms. The van der Waals surface area contributed by atoms with Crippen LogP contribution in [-0.2, 0) is 16.0 Å². The number of nitrogens with zero attached hydrogens (tertiary/aromatic N) is 1. The van der Waals surface area contributed by atoms with Gasteiger partial charge in [-0.2, -0.15) is 0 Å². The Bertz CT molecular complexity index is 1600. The maximum atomic E-state index is 13.2. The molecule has 0 unspecified atom stereocenters. The molecule has 1 amide bonds. The SMILES string of the molecule is CCC(=O)CCCCC[C@H](NC(=O)Cc1c[nH]c2ccc(Br)cc12)c1ncc(-c2ccc3ccccc3c2)[nH]1. The molecule has 5 aromatic rings. The number of imidazole rings is 1. The summed E-state index contributed by atoms with van der Waals surface area (Å²) in [4.78, 5) is 36.3. The van der Waals surface area contributed by atoms with Crippen LogP contribution in [0.25, 0.3) is 32.9 Å². The minimum absolute atomic E-state index is 0.0503. The summed E-state index contributed by atoms with van der Waals surface area (Å²) in [6.07, 6.45) is 8.69. The molecule has 1 atom stereocenters. The summed E-state index contributed by atoms with van der Waals surface area (Å²) in [7, 11) is 0. The largest absolute Gasteiger partial charge is 0.361 e. The highest BCUT2D eigenvalue weighted by Crippen LogP contribution is 2.27. The summed E-state index contributed by atoms with van der Waals surface area (Å²) in [6.45, 7) is 1.91. The molecule has 6 nitrogen and oxygen atoms in total. The van der Waals surface area contributed by atoms with Gasteiger partial charge in [0.05, 0.1) is 24.4 Å². The second kappa shape index (κ2) is 12.4. The number of unbranched alkanes of at least 4 members (excludes halogenated alkanes) is 2. The summed E-state index contributed by atoms with van der Waals surface area (Å²) in [6, 6.07) is 20.4. The van der Waals surface area contributed by atoms with E-state index in [-0.39, 0.29) is 18.4 Å². The number of hydrogen-bond donors (Lipinski definition) is 3. The number of rotatable bonds is 12. The first kappa shape index (κ1) is 26.9. The molecular formula is C32H33BrN4O2. The molecular weight excluding hydrogens is 552 g/mol. The Labute approximate surface area is 236 Å². The van der Waals surface area contributed by atoms with Crippen LogP contribution in [0.1, 0.15) is 62.9 Å². The van der Waals surface area contributed by atoms with Gasteiger partial charge in [0.2, 0.25) is 5.91 Å². The van der Waals surface area contributed by atoms with Crippen molar-refractivity contribution in [2.45, 2.75) is 57.9 Å². The molecule has 5 rings (SSSR count). The van der Waals surface area contributed by atoms with E-state index in [2.05, 4.69) is 66.5 Å². The van der Waals surface area contributed by atoms with Crippen LogP contribution in [0.2, 0.25) is 0 Å². The number of aromatic nitrogens is 3.